The number of nitrogens with zero attached hydrogens (tertiary/aromatic N) is 1. The van der Waals surface area contributed by atoms with Gasteiger partial charge >= 0.3 is 0 Å². The molecule has 2 unspecified atom stereocenters. The molecule has 2 N–H and O–H groups in total. The number of benzene rings is 3. The number of para-hydroxylation sites is 1. The minimum absolute atomic E-state index is 0.0868. The number of hydrogen-bond acceptors (Lipinski definition) is 6. The molecule has 0 bridgehead atoms. The van der Waals surface area contributed by atoms with Crippen LogP contribution in [0.4, 0.5) is 0 Å². The molecule has 0 saturated carbocycles. The fraction of sp³-hybridized carbons (Fsp3) is 0.208. The number of aliphatic imine (C=N–C) groups is 1. The molecule has 3 aromatic rings. The predicted molar refractivity (Wildman–Crippen MR) is 113 cm³/mol. The number of aromatic hydroxyl groups is 1. The Morgan fingerprint density at radius 3 is 2.60 bits per heavy atom. The molecule has 0 aliphatic carbocycles. The highest BCUT2D eigenvalue weighted by atomic mass is 16.7. The van der Waals surface area contributed by atoms with Crippen LogP contribution in [0.3, 0.4) is 0 Å². The molecule has 3 aromatic carbocycles. The van der Waals surface area contributed by atoms with Crippen molar-refractivity contribution < 1.29 is 19.3 Å². The lowest BCUT2D eigenvalue weighted by Gasteiger charge is -2.31. The normalized spacial score (nSPS) is 20.0. The molecule has 0 spiro atoms. The van der Waals surface area contributed by atoms with Crippen molar-refractivity contribution in [1.82, 2.24) is 5.32 Å². The number of ether oxygens (including phenoxy) is 3. The third-order valence-electron chi connectivity index (χ3n) is 5.49. The van der Waals surface area contributed by atoms with E-state index < -0.39 is 0 Å². The Morgan fingerprint density at radius 1 is 1.00 bits per heavy atom. The lowest BCUT2D eigenvalue weighted by molar-refractivity contribution is 0.174. The zero-order valence-electron chi connectivity index (χ0n) is 16.5. The van der Waals surface area contributed by atoms with E-state index in [-0.39, 0.29) is 24.8 Å². The van der Waals surface area contributed by atoms with Crippen LogP contribution < -0.4 is 19.5 Å². The van der Waals surface area contributed by atoms with E-state index in [0.717, 1.165) is 39.7 Å². The third kappa shape index (κ3) is 3.46. The van der Waals surface area contributed by atoms with Gasteiger partial charge in [0.1, 0.15) is 17.7 Å². The molecule has 0 amide bonds. The van der Waals surface area contributed by atoms with E-state index >= 15 is 0 Å². The van der Waals surface area contributed by atoms with Gasteiger partial charge in [0.05, 0.1) is 7.11 Å². The van der Waals surface area contributed by atoms with Crippen molar-refractivity contribution in [2.24, 2.45) is 4.99 Å². The maximum absolute atomic E-state index is 10.4. The maximum Gasteiger partial charge on any atom is 0.231 e. The van der Waals surface area contributed by atoms with Crippen LogP contribution in [0.25, 0.3) is 0 Å². The lowest BCUT2D eigenvalue weighted by atomic mass is 9.93. The second kappa shape index (κ2) is 7.72. The van der Waals surface area contributed by atoms with Gasteiger partial charge in [0.15, 0.2) is 11.5 Å². The molecule has 0 saturated heterocycles. The number of fused-ring (bicyclic) bond motifs is 1. The summed E-state index contributed by atoms with van der Waals surface area (Å²) >= 11 is 0. The van der Waals surface area contributed by atoms with Crippen LogP contribution in [-0.2, 0) is 0 Å². The van der Waals surface area contributed by atoms with E-state index in [0.29, 0.717) is 6.42 Å². The standard InChI is InChI=1S/C24H22N2O4/c1-28-17-9-6-15(7-10-17)24-25-19(16-8-11-22-23(12-16)30-14-29-22)13-20(26-24)18-4-2-3-5-21(18)27/h2-12,20,24,26-27H,13-14H2,1H3. The molecule has 0 aromatic heterocycles. The predicted octanol–water partition coefficient (Wildman–Crippen LogP) is 4.35. The minimum Gasteiger partial charge on any atom is -0.508 e. The Hall–Kier alpha value is -3.51. The third-order valence-corrected chi connectivity index (χ3v) is 5.49. The summed E-state index contributed by atoms with van der Waals surface area (Å²) in [5, 5.41) is 14.0. The molecule has 6 heteroatoms. The molecule has 30 heavy (non-hydrogen) atoms. The summed E-state index contributed by atoms with van der Waals surface area (Å²) in [6.07, 6.45) is 0.388. The molecular weight excluding hydrogens is 380 g/mol. The highest BCUT2D eigenvalue weighted by molar-refractivity contribution is 6.02. The number of hydrogen-bond donors (Lipinski definition) is 2. The van der Waals surface area contributed by atoms with Gasteiger partial charge in [-0.25, -0.2) is 0 Å². The number of methoxy groups -OCH3 is 1. The van der Waals surface area contributed by atoms with Gasteiger partial charge in [-0.15, -0.1) is 0 Å². The zero-order valence-corrected chi connectivity index (χ0v) is 16.5. The SMILES string of the molecule is COc1ccc(C2N=C(c3ccc4c(c3)OCO4)CC(c3ccccc3O)N2)cc1. The number of phenols is 1. The summed E-state index contributed by atoms with van der Waals surface area (Å²) in [5.74, 6) is 2.55. The van der Waals surface area contributed by atoms with Crippen LogP contribution in [0.5, 0.6) is 23.0 Å². The lowest BCUT2D eigenvalue weighted by Crippen LogP contribution is -2.33. The second-order valence-corrected chi connectivity index (χ2v) is 7.30. The molecule has 2 heterocycles. The Kier molecular flexibility index (Phi) is 4.77. The van der Waals surface area contributed by atoms with Gasteiger partial charge in [0.2, 0.25) is 6.79 Å². The average Bonchev–Trinajstić information content (AvgIpc) is 3.27. The summed E-state index contributed by atoms with van der Waals surface area (Å²) in [4.78, 5) is 5.00. The van der Waals surface area contributed by atoms with E-state index in [9.17, 15) is 5.11 Å². The first kappa shape index (κ1) is 18.5. The van der Waals surface area contributed by atoms with E-state index in [2.05, 4.69) is 5.32 Å². The fourth-order valence-corrected chi connectivity index (χ4v) is 3.90. The van der Waals surface area contributed by atoms with Gasteiger partial charge in [-0.3, -0.25) is 10.3 Å². The maximum atomic E-state index is 10.4. The van der Waals surface area contributed by atoms with Crippen molar-refractivity contribution in [2.75, 3.05) is 13.9 Å². The second-order valence-electron chi connectivity index (χ2n) is 7.30. The smallest absolute Gasteiger partial charge is 0.231 e. The van der Waals surface area contributed by atoms with Crippen LogP contribution in [-0.4, -0.2) is 24.7 Å². The van der Waals surface area contributed by atoms with Gasteiger partial charge in [0, 0.05) is 23.7 Å². The van der Waals surface area contributed by atoms with Crippen molar-refractivity contribution in [3.63, 3.8) is 0 Å². The summed E-state index contributed by atoms with van der Waals surface area (Å²) < 4.78 is 16.3. The minimum atomic E-state index is -0.255. The van der Waals surface area contributed by atoms with Gasteiger partial charge < -0.3 is 19.3 Å². The first-order valence-electron chi connectivity index (χ1n) is 9.86. The van der Waals surface area contributed by atoms with Gasteiger partial charge in [0.25, 0.3) is 0 Å². The van der Waals surface area contributed by atoms with Gasteiger partial charge in [-0.05, 0) is 47.5 Å². The molecule has 6 nitrogen and oxygen atoms in total. The largest absolute Gasteiger partial charge is 0.508 e. The Balaban J connectivity index is 1.54. The Bertz CT molecular complexity index is 1090. The highest BCUT2D eigenvalue weighted by Crippen LogP contribution is 2.37. The number of rotatable bonds is 4. The number of nitrogens with one attached hydrogen (secondary N) is 1. The summed E-state index contributed by atoms with van der Waals surface area (Å²) in [6, 6.07) is 21.1. The first-order valence-corrected chi connectivity index (χ1v) is 9.86. The van der Waals surface area contributed by atoms with Crippen molar-refractivity contribution in [3.05, 3.63) is 83.4 Å². The fourth-order valence-electron chi connectivity index (χ4n) is 3.90. The monoisotopic (exact) mass is 402 g/mol. The zero-order chi connectivity index (χ0) is 20.5. The van der Waals surface area contributed by atoms with Crippen molar-refractivity contribution >= 4 is 5.71 Å². The van der Waals surface area contributed by atoms with Crippen LogP contribution in [0, 0.1) is 0 Å². The van der Waals surface area contributed by atoms with Crippen LogP contribution in [0.1, 0.15) is 35.3 Å². The first-order chi connectivity index (χ1) is 14.7. The van der Waals surface area contributed by atoms with Crippen molar-refractivity contribution in [1.29, 1.82) is 0 Å². The van der Waals surface area contributed by atoms with Crippen LogP contribution in [0.2, 0.25) is 0 Å². The van der Waals surface area contributed by atoms with Gasteiger partial charge in [-0.2, -0.15) is 0 Å². The molecule has 2 aliphatic heterocycles. The topological polar surface area (TPSA) is 72.3 Å². The van der Waals surface area contributed by atoms with Crippen molar-refractivity contribution in [3.8, 4) is 23.0 Å². The number of phenolic OH excluding ortho intramolecular Hbond substituents is 1. The van der Waals surface area contributed by atoms with Crippen LogP contribution in [0.15, 0.2) is 71.7 Å². The highest BCUT2D eigenvalue weighted by Gasteiger charge is 2.28. The van der Waals surface area contributed by atoms with Crippen molar-refractivity contribution in [2.45, 2.75) is 18.6 Å². The van der Waals surface area contributed by atoms with E-state index in [1.807, 2.05) is 60.7 Å². The molecule has 0 radical (unpaired) electrons. The summed E-state index contributed by atoms with van der Waals surface area (Å²) in [6.45, 7) is 0.238. The molecule has 5 rings (SSSR count). The molecule has 2 atom stereocenters. The average molecular weight is 402 g/mol. The quantitative estimate of drug-likeness (QED) is 0.679. The Labute approximate surface area is 174 Å². The molecular formula is C24H22N2O4. The van der Waals surface area contributed by atoms with E-state index in [1.165, 1.54) is 0 Å². The van der Waals surface area contributed by atoms with Crippen LogP contribution >= 0.6 is 0 Å². The molecule has 152 valence electrons. The molecule has 2 aliphatic rings. The van der Waals surface area contributed by atoms with Gasteiger partial charge in [-0.1, -0.05) is 30.3 Å². The summed E-state index contributed by atoms with van der Waals surface area (Å²) in [7, 11) is 1.65. The molecule has 0 fully saturated rings. The van der Waals surface area contributed by atoms with E-state index in [4.69, 9.17) is 19.2 Å². The van der Waals surface area contributed by atoms with E-state index in [1.54, 1.807) is 13.2 Å². The summed E-state index contributed by atoms with van der Waals surface area (Å²) in [5.41, 5.74) is 3.80. The Morgan fingerprint density at radius 2 is 1.80 bits per heavy atom.